The SMILES string of the molecule is COc1cccc(S(=O)(=O)N[C@@H]2C=C[C@H](CC(=O)NCc3ccc(Cl)cc3)O[C@@H]2CO)c1. The van der Waals surface area contributed by atoms with Gasteiger partial charge in [-0.15, -0.1) is 0 Å². The summed E-state index contributed by atoms with van der Waals surface area (Å²) in [5, 5.41) is 13.1. The van der Waals surface area contributed by atoms with Gasteiger partial charge in [0.15, 0.2) is 0 Å². The van der Waals surface area contributed by atoms with Gasteiger partial charge in [-0.3, -0.25) is 4.79 Å². The molecule has 3 rings (SSSR count). The van der Waals surface area contributed by atoms with Crippen molar-refractivity contribution in [3.8, 4) is 5.75 Å². The fourth-order valence-electron chi connectivity index (χ4n) is 3.18. The molecule has 0 spiro atoms. The fourth-order valence-corrected chi connectivity index (χ4v) is 4.56. The molecular weight excluding hydrogens is 456 g/mol. The van der Waals surface area contributed by atoms with E-state index in [0.29, 0.717) is 17.3 Å². The fraction of sp³-hybridized carbons (Fsp3) is 0.318. The number of nitrogens with one attached hydrogen (secondary N) is 2. The quantitative estimate of drug-likeness (QED) is 0.473. The van der Waals surface area contributed by atoms with Crippen LogP contribution in [0.3, 0.4) is 0 Å². The predicted molar refractivity (Wildman–Crippen MR) is 120 cm³/mol. The number of hydrogen-bond acceptors (Lipinski definition) is 6. The van der Waals surface area contributed by atoms with Crippen LogP contribution in [0.5, 0.6) is 5.75 Å². The summed E-state index contributed by atoms with van der Waals surface area (Å²) in [6, 6.07) is 12.4. The average molecular weight is 481 g/mol. The Bertz CT molecular complexity index is 1060. The maximum atomic E-state index is 12.7. The summed E-state index contributed by atoms with van der Waals surface area (Å²) in [5.41, 5.74) is 0.906. The molecule has 0 saturated heterocycles. The van der Waals surface area contributed by atoms with Gasteiger partial charge in [0.2, 0.25) is 15.9 Å². The van der Waals surface area contributed by atoms with Crippen molar-refractivity contribution in [2.24, 2.45) is 0 Å². The number of benzene rings is 2. The zero-order valence-electron chi connectivity index (χ0n) is 17.4. The van der Waals surface area contributed by atoms with Gasteiger partial charge in [0.1, 0.15) is 11.9 Å². The number of aliphatic hydroxyl groups excluding tert-OH is 1. The van der Waals surface area contributed by atoms with Crippen LogP contribution in [0.1, 0.15) is 12.0 Å². The summed E-state index contributed by atoms with van der Waals surface area (Å²) < 4.78 is 38.8. The monoisotopic (exact) mass is 480 g/mol. The number of methoxy groups -OCH3 is 1. The molecule has 8 nitrogen and oxygen atoms in total. The van der Waals surface area contributed by atoms with Crippen molar-refractivity contribution in [2.75, 3.05) is 13.7 Å². The summed E-state index contributed by atoms with van der Waals surface area (Å²) in [6.45, 7) is -0.0721. The second-order valence-corrected chi connectivity index (χ2v) is 9.36. The number of halogens is 1. The van der Waals surface area contributed by atoms with Gasteiger partial charge in [0, 0.05) is 17.6 Å². The highest BCUT2D eigenvalue weighted by Crippen LogP contribution is 2.21. The minimum Gasteiger partial charge on any atom is -0.497 e. The van der Waals surface area contributed by atoms with Gasteiger partial charge < -0.3 is 19.9 Å². The molecule has 0 bridgehead atoms. The van der Waals surface area contributed by atoms with E-state index in [1.165, 1.54) is 19.2 Å². The molecule has 10 heteroatoms. The molecule has 0 fully saturated rings. The summed E-state index contributed by atoms with van der Waals surface area (Å²) in [6.07, 6.45) is 1.83. The van der Waals surface area contributed by atoms with E-state index < -0.39 is 34.9 Å². The van der Waals surface area contributed by atoms with Crippen LogP contribution in [0.2, 0.25) is 5.02 Å². The van der Waals surface area contributed by atoms with Gasteiger partial charge >= 0.3 is 0 Å². The van der Waals surface area contributed by atoms with Crippen molar-refractivity contribution in [1.29, 1.82) is 0 Å². The highest BCUT2D eigenvalue weighted by atomic mass is 35.5. The second-order valence-electron chi connectivity index (χ2n) is 7.21. The summed E-state index contributed by atoms with van der Waals surface area (Å²) in [7, 11) is -2.43. The van der Waals surface area contributed by atoms with E-state index in [1.807, 2.05) is 12.1 Å². The van der Waals surface area contributed by atoms with Crippen LogP contribution >= 0.6 is 11.6 Å². The van der Waals surface area contributed by atoms with Crippen molar-refractivity contribution in [2.45, 2.75) is 36.1 Å². The number of carbonyl (C=O) groups is 1. The Kier molecular flexibility index (Phi) is 8.27. The van der Waals surface area contributed by atoms with E-state index in [2.05, 4.69) is 10.0 Å². The number of hydrogen-bond donors (Lipinski definition) is 3. The molecule has 1 amide bonds. The van der Waals surface area contributed by atoms with E-state index in [1.54, 1.807) is 36.4 Å². The number of rotatable bonds is 9. The number of aliphatic hydroxyl groups is 1. The molecule has 3 atom stereocenters. The number of carbonyl (C=O) groups excluding carboxylic acids is 1. The molecule has 0 radical (unpaired) electrons. The minimum absolute atomic E-state index is 0.0330. The smallest absolute Gasteiger partial charge is 0.241 e. The molecule has 0 unspecified atom stereocenters. The van der Waals surface area contributed by atoms with Crippen LogP contribution in [0.4, 0.5) is 0 Å². The van der Waals surface area contributed by atoms with E-state index in [4.69, 9.17) is 21.1 Å². The van der Waals surface area contributed by atoms with Crippen LogP contribution in [0.25, 0.3) is 0 Å². The second kappa shape index (κ2) is 10.9. The summed E-state index contributed by atoms with van der Waals surface area (Å²) in [4.78, 5) is 12.3. The largest absolute Gasteiger partial charge is 0.497 e. The summed E-state index contributed by atoms with van der Waals surface area (Å²) >= 11 is 5.85. The van der Waals surface area contributed by atoms with Crippen molar-refractivity contribution in [3.63, 3.8) is 0 Å². The van der Waals surface area contributed by atoms with Gasteiger partial charge in [-0.05, 0) is 29.8 Å². The van der Waals surface area contributed by atoms with E-state index in [9.17, 15) is 18.3 Å². The Morgan fingerprint density at radius 3 is 2.62 bits per heavy atom. The number of sulfonamides is 1. The molecule has 0 saturated carbocycles. The zero-order valence-corrected chi connectivity index (χ0v) is 19.0. The standard InChI is InChI=1S/C22H25ClN2O6S/c1-30-17-3-2-4-19(11-17)32(28,29)25-20-10-9-18(31-21(20)14-26)12-22(27)24-13-15-5-7-16(23)8-6-15/h2-11,18,20-21,25-26H,12-14H2,1H3,(H,24,27)/t18-,20-,21-/m1/s1. The van der Waals surface area contributed by atoms with E-state index in [-0.39, 0.29) is 17.2 Å². The lowest BCUT2D eigenvalue weighted by Crippen LogP contribution is -2.49. The molecule has 32 heavy (non-hydrogen) atoms. The molecule has 1 heterocycles. The van der Waals surface area contributed by atoms with Crippen molar-refractivity contribution in [1.82, 2.24) is 10.0 Å². The number of amides is 1. The van der Waals surface area contributed by atoms with Gasteiger partial charge in [-0.2, -0.15) is 0 Å². The van der Waals surface area contributed by atoms with Gasteiger partial charge in [-0.1, -0.05) is 42.0 Å². The first-order valence-electron chi connectivity index (χ1n) is 9.93. The molecule has 1 aliphatic rings. The highest BCUT2D eigenvalue weighted by molar-refractivity contribution is 7.89. The maximum absolute atomic E-state index is 12.7. The van der Waals surface area contributed by atoms with E-state index >= 15 is 0 Å². The highest BCUT2D eigenvalue weighted by Gasteiger charge is 2.31. The first-order chi connectivity index (χ1) is 15.3. The lowest BCUT2D eigenvalue weighted by Gasteiger charge is -2.31. The Labute approximate surface area is 192 Å². The zero-order chi connectivity index (χ0) is 23.1. The third kappa shape index (κ3) is 6.54. The Morgan fingerprint density at radius 2 is 1.94 bits per heavy atom. The van der Waals surface area contributed by atoms with Crippen LogP contribution < -0.4 is 14.8 Å². The predicted octanol–water partition coefficient (Wildman–Crippen LogP) is 2.02. The van der Waals surface area contributed by atoms with Crippen molar-refractivity contribution >= 4 is 27.5 Å². The first-order valence-corrected chi connectivity index (χ1v) is 11.8. The lowest BCUT2D eigenvalue weighted by molar-refractivity contribution is -0.125. The average Bonchev–Trinajstić information content (AvgIpc) is 2.79. The van der Waals surface area contributed by atoms with Gasteiger partial charge in [0.25, 0.3) is 0 Å². The van der Waals surface area contributed by atoms with Gasteiger partial charge in [0.05, 0.1) is 37.2 Å². The molecule has 2 aromatic rings. The Morgan fingerprint density at radius 1 is 1.19 bits per heavy atom. The minimum atomic E-state index is -3.88. The third-order valence-corrected chi connectivity index (χ3v) is 6.60. The Hall–Kier alpha value is -2.43. The first kappa shape index (κ1) is 24.2. The normalized spacial score (nSPS) is 20.7. The van der Waals surface area contributed by atoms with Crippen LogP contribution in [0, 0.1) is 0 Å². The Balaban J connectivity index is 1.59. The molecule has 172 valence electrons. The van der Waals surface area contributed by atoms with Crippen LogP contribution in [-0.2, 0) is 26.1 Å². The van der Waals surface area contributed by atoms with Crippen LogP contribution in [-0.4, -0.2) is 51.4 Å². The topological polar surface area (TPSA) is 114 Å². The van der Waals surface area contributed by atoms with E-state index in [0.717, 1.165) is 5.56 Å². The van der Waals surface area contributed by atoms with Crippen LogP contribution in [0.15, 0.2) is 65.6 Å². The molecule has 3 N–H and O–H groups in total. The van der Waals surface area contributed by atoms with Gasteiger partial charge in [-0.25, -0.2) is 13.1 Å². The molecule has 0 aromatic heterocycles. The molecule has 0 aliphatic carbocycles. The molecule has 1 aliphatic heterocycles. The lowest BCUT2D eigenvalue weighted by atomic mass is 10.1. The van der Waals surface area contributed by atoms with Crippen molar-refractivity contribution in [3.05, 3.63) is 71.3 Å². The molecular formula is C22H25ClN2O6S. The summed E-state index contributed by atoms with van der Waals surface area (Å²) in [5.74, 6) is 0.174. The number of ether oxygens (including phenoxy) is 2. The molecule has 2 aromatic carbocycles. The van der Waals surface area contributed by atoms with Crippen molar-refractivity contribution < 1.29 is 27.8 Å². The maximum Gasteiger partial charge on any atom is 0.241 e. The third-order valence-electron chi connectivity index (χ3n) is 4.90.